The molecule has 33 heavy (non-hydrogen) atoms. The number of piperazine rings is 1. The second kappa shape index (κ2) is 9.03. The molecule has 1 aliphatic carbocycles. The Balaban J connectivity index is 1.29. The van der Waals surface area contributed by atoms with Crippen molar-refractivity contribution in [1.29, 1.82) is 5.26 Å². The third kappa shape index (κ3) is 4.02. The number of rotatable bonds is 6. The number of likely N-dealkylation sites (tertiary alicyclic amines) is 3. The van der Waals surface area contributed by atoms with Crippen molar-refractivity contribution in [2.45, 2.75) is 75.2 Å². The molecule has 1 aromatic rings. The summed E-state index contributed by atoms with van der Waals surface area (Å²) >= 11 is 0. The van der Waals surface area contributed by atoms with Gasteiger partial charge in [0.05, 0.1) is 24.2 Å². The number of nitrogens with two attached hydrogens (primary N) is 1. The summed E-state index contributed by atoms with van der Waals surface area (Å²) in [5.74, 6) is 0.0401. The van der Waals surface area contributed by atoms with Gasteiger partial charge < -0.3 is 15.5 Å². The Morgan fingerprint density at radius 3 is 2.58 bits per heavy atom. The first kappa shape index (κ1) is 22.3. The fourth-order valence-corrected chi connectivity index (χ4v) is 6.56. The normalized spacial score (nSPS) is 29.6. The second-order valence-corrected chi connectivity index (χ2v) is 10.1. The number of nitriles is 1. The fourth-order valence-electron chi connectivity index (χ4n) is 6.56. The molecule has 4 fully saturated rings. The van der Waals surface area contributed by atoms with E-state index < -0.39 is 12.1 Å². The van der Waals surface area contributed by atoms with Gasteiger partial charge in [0.15, 0.2) is 0 Å². The number of hydrogen-bond donors (Lipinski definition) is 1. The number of benzene rings is 1. The van der Waals surface area contributed by atoms with Gasteiger partial charge in [0.1, 0.15) is 11.9 Å². The Morgan fingerprint density at radius 2 is 1.91 bits per heavy atom. The maximum Gasteiger partial charge on any atom is 0.241 e. The van der Waals surface area contributed by atoms with Crippen LogP contribution in [0, 0.1) is 23.1 Å². The molecule has 2 N–H and O–H groups in total. The van der Waals surface area contributed by atoms with Crippen LogP contribution in [-0.2, 0) is 9.59 Å². The highest BCUT2D eigenvalue weighted by Gasteiger charge is 2.53. The van der Waals surface area contributed by atoms with E-state index in [0.717, 1.165) is 31.2 Å². The first-order valence-electron chi connectivity index (χ1n) is 12.3. The van der Waals surface area contributed by atoms with Gasteiger partial charge in [-0.05, 0) is 55.7 Å². The third-order valence-electron chi connectivity index (χ3n) is 8.11. The standard InChI is InChI=1S/C25H32FN5O2/c26-18-9-7-17(8-10-18)23(16-4-1-2-5-16)31-20-12-22(25(31)33)29(14-20)15-21(28)24(32)30-11-3-6-19(30)13-27/h7-10,16,19-23H,1-6,11-12,14-15,28H2/t19?,20-,21?,22?,23-/m0/s1. The minimum atomic E-state index is -0.734. The van der Waals surface area contributed by atoms with E-state index in [2.05, 4.69) is 15.9 Å². The zero-order valence-corrected chi connectivity index (χ0v) is 18.9. The highest BCUT2D eigenvalue weighted by molar-refractivity contribution is 5.87. The average molecular weight is 454 g/mol. The van der Waals surface area contributed by atoms with E-state index in [9.17, 15) is 19.2 Å². The van der Waals surface area contributed by atoms with Crippen LogP contribution >= 0.6 is 0 Å². The summed E-state index contributed by atoms with van der Waals surface area (Å²) in [4.78, 5) is 32.1. The molecule has 1 saturated carbocycles. The number of nitrogens with zero attached hydrogens (tertiary/aromatic N) is 4. The predicted octanol–water partition coefficient (Wildman–Crippen LogP) is 2.18. The highest BCUT2D eigenvalue weighted by atomic mass is 19.1. The first-order chi connectivity index (χ1) is 16.0. The van der Waals surface area contributed by atoms with E-state index in [-0.39, 0.29) is 35.8 Å². The lowest BCUT2D eigenvalue weighted by Crippen LogP contribution is -2.57. The molecule has 5 atom stereocenters. The Labute approximate surface area is 194 Å². The summed E-state index contributed by atoms with van der Waals surface area (Å²) in [6.45, 7) is 1.60. The van der Waals surface area contributed by atoms with Crippen molar-refractivity contribution < 1.29 is 14.0 Å². The van der Waals surface area contributed by atoms with Crippen LogP contribution in [0.1, 0.15) is 56.6 Å². The fraction of sp³-hybridized carbons (Fsp3) is 0.640. The smallest absolute Gasteiger partial charge is 0.241 e. The molecule has 0 radical (unpaired) electrons. The van der Waals surface area contributed by atoms with Gasteiger partial charge in [0.2, 0.25) is 11.8 Å². The molecule has 8 heteroatoms. The van der Waals surface area contributed by atoms with E-state index in [1.807, 2.05) is 12.1 Å². The quantitative estimate of drug-likeness (QED) is 0.713. The van der Waals surface area contributed by atoms with Crippen molar-refractivity contribution in [2.75, 3.05) is 19.6 Å². The first-order valence-corrected chi connectivity index (χ1v) is 12.3. The summed E-state index contributed by atoms with van der Waals surface area (Å²) in [6.07, 6.45) is 6.77. The van der Waals surface area contributed by atoms with E-state index in [1.54, 1.807) is 4.90 Å². The van der Waals surface area contributed by atoms with Gasteiger partial charge in [0, 0.05) is 25.7 Å². The number of carbonyl (C=O) groups excluding carboxylic acids is 2. The summed E-state index contributed by atoms with van der Waals surface area (Å²) in [7, 11) is 0. The van der Waals surface area contributed by atoms with E-state index in [0.29, 0.717) is 32.0 Å². The van der Waals surface area contributed by atoms with Gasteiger partial charge in [-0.15, -0.1) is 0 Å². The third-order valence-corrected chi connectivity index (χ3v) is 8.11. The zero-order chi connectivity index (χ0) is 23.1. The van der Waals surface area contributed by atoms with Crippen molar-refractivity contribution in [3.8, 4) is 6.07 Å². The van der Waals surface area contributed by atoms with Crippen LogP contribution in [0.25, 0.3) is 0 Å². The zero-order valence-electron chi connectivity index (χ0n) is 18.9. The molecular weight excluding hydrogens is 421 g/mol. The Hall–Kier alpha value is -2.50. The Kier molecular flexibility index (Phi) is 6.11. The summed E-state index contributed by atoms with van der Waals surface area (Å²) in [5.41, 5.74) is 7.28. The van der Waals surface area contributed by atoms with E-state index >= 15 is 0 Å². The maximum absolute atomic E-state index is 13.6. The molecule has 3 aliphatic heterocycles. The largest absolute Gasteiger partial charge is 0.330 e. The SMILES string of the molecule is N#CC1CCCN1C(=O)C(N)CN1C[C@@H]2CC1C(=O)N2[C@H](c1ccc(F)cc1)C1CCCC1. The Bertz CT molecular complexity index is 941. The van der Waals surface area contributed by atoms with Crippen LogP contribution in [0.2, 0.25) is 0 Å². The van der Waals surface area contributed by atoms with Gasteiger partial charge in [-0.2, -0.15) is 5.26 Å². The molecular formula is C25H32FN5O2. The molecule has 0 spiro atoms. The minimum absolute atomic E-state index is 0.0194. The molecule has 2 bridgehead atoms. The lowest BCUT2D eigenvalue weighted by molar-refractivity contribution is -0.142. The molecule has 0 aromatic heterocycles. The topological polar surface area (TPSA) is 93.7 Å². The molecule has 3 unspecified atom stereocenters. The van der Waals surface area contributed by atoms with Crippen molar-refractivity contribution >= 4 is 11.8 Å². The Morgan fingerprint density at radius 1 is 1.18 bits per heavy atom. The molecule has 5 rings (SSSR count). The number of amides is 2. The van der Waals surface area contributed by atoms with Gasteiger partial charge in [0.25, 0.3) is 0 Å². The molecule has 4 aliphatic rings. The molecule has 2 amide bonds. The van der Waals surface area contributed by atoms with Crippen molar-refractivity contribution in [1.82, 2.24) is 14.7 Å². The molecule has 7 nitrogen and oxygen atoms in total. The van der Waals surface area contributed by atoms with Crippen LogP contribution in [-0.4, -0.2) is 70.3 Å². The number of carbonyl (C=O) groups is 2. The van der Waals surface area contributed by atoms with E-state index in [1.165, 1.54) is 25.0 Å². The van der Waals surface area contributed by atoms with E-state index in [4.69, 9.17) is 5.73 Å². The molecule has 3 saturated heterocycles. The minimum Gasteiger partial charge on any atom is -0.330 e. The van der Waals surface area contributed by atoms with Crippen molar-refractivity contribution in [3.05, 3.63) is 35.6 Å². The number of fused-ring (bicyclic) bond motifs is 2. The lowest BCUT2D eigenvalue weighted by atomic mass is 9.89. The van der Waals surface area contributed by atoms with Crippen molar-refractivity contribution in [2.24, 2.45) is 11.7 Å². The van der Waals surface area contributed by atoms with Crippen LogP contribution in [0.4, 0.5) is 4.39 Å². The molecule has 176 valence electrons. The van der Waals surface area contributed by atoms with Gasteiger partial charge in [-0.3, -0.25) is 14.5 Å². The van der Waals surface area contributed by atoms with Gasteiger partial charge >= 0.3 is 0 Å². The van der Waals surface area contributed by atoms with Gasteiger partial charge in [-0.25, -0.2) is 4.39 Å². The van der Waals surface area contributed by atoms with Crippen molar-refractivity contribution in [3.63, 3.8) is 0 Å². The van der Waals surface area contributed by atoms with Crippen LogP contribution < -0.4 is 5.73 Å². The lowest BCUT2D eigenvalue weighted by Gasteiger charge is -2.42. The number of halogens is 1. The van der Waals surface area contributed by atoms with Crippen LogP contribution in [0.5, 0.6) is 0 Å². The monoisotopic (exact) mass is 453 g/mol. The average Bonchev–Trinajstić information content (AvgIpc) is 3.60. The molecule has 3 heterocycles. The summed E-state index contributed by atoms with van der Waals surface area (Å²) in [6, 6.07) is 7.49. The number of hydrogen-bond acceptors (Lipinski definition) is 5. The molecule has 1 aromatic carbocycles. The van der Waals surface area contributed by atoms with Gasteiger partial charge in [-0.1, -0.05) is 25.0 Å². The van der Waals surface area contributed by atoms with Crippen LogP contribution in [0.15, 0.2) is 24.3 Å². The van der Waals surface area contributed by atoms with Crippen LogP contribution in [0.3, 0.4) is 0 Å². The highest BCUT2D eigenvalue weighted by Crippen LogP contribution is 2.45. The summed E-state index contributed by atoms with van der Waals surface area (Å²) < 4.78 is 13.6. The summed E-state index contributed by atoms with van der Waals surface area (Å²) in [5, 5.41) is 9.29. The predicted molar refractivity (Wildman–Crippen MR) is 120 cm³/mol. The maximum atomic E-state index is 13.6. The second-order valence-electron chi connectivity index (χ2n) is 10.1.